The van der Waals surface area contributed by atoms with E-state index in [4.69, 9.17) is 16.3 Å². The van der Waals surface area contributed by atoms with Gasteiger partial charge < -0.3 is 10.1 Å². The van der Waals surface area contributed by atoms with Gasteiger partial charge in [0.25, 0.3) is 0 Å². The first-order chi connectivity index (χ1) is 12.2. The lowest BCUT2D eigenvalue weighted by molar-refractivity contribution is -0.121. The number of thiazole rings is 1. The number of halogens is 1. The number of hydrogen-bond donors (Lipinski definition) is 1. The Bertz CT molecular complexity index is 914. The number of rotatable bonds is 3. The van der Waals surface area contributed by atoms with Crippen LogP contribution in [-0.2, 0) is 11.2 Å². The van der Waals surface area contributed by atoms with Crippen LogP contribution in [0.4, 0.5) is 5.13 Å². The second kappa shape index (κ2) is 6.82. The van der Waals surface area contributed by atoms with Crippen molar-refractivity contribution < 1.29 is 9.53 Å². The SMILES string of the molecule is O=C(Nc1nc(-c2cccnc2)cs1)[C@H]1COc2ccc(Cl)cc2C1. The van der Waals surface area contributed by atoms with E-state index in [0.29, 0.717) is 23.2 Å². The van der Waals surface area contributed by atoms with Crippen molar-refractivity contribution in [3.63, 3.8) is 0 Å². The minimum absolute atomic E-state index is 0.0993. The van der Waals surface area contributed by atoms with Crippen molar-refractivity contribution in [3.8, 4) is 17.0 Å². The van der Waals surface area contributed by atoms with E-state index in [9.17, 15) is 4.79 Å². The molecule has 1 amide bonds. The Morgan fingerprint density at radius 2 is 2.28 bits per heavy atom. The Kier molecular flexibility index (Phi) is 4.38. The van der Waals surface area contributed by atoms with E-state index in [2.05, 4.69) is 15.3 Å². The molecule has 2 aromatic heterocycles. The highest BCUT2D eigenvalue weighted by molar-refractivity contribution is 7.14. The predicted molar refractivity (Wildman–Crippen MR) is 98.1 cm³/mol. The fraction of sp³-hybridized carbons (Fsp3) is 0.167. The quantitative estimate of drug-likeness (QED) is 0.754. The zero-order valence-electron chi connectivity index (χ0n) is 13.1. The zero-order valence-corrected chi connectivity index (χ0v) is 14.7. The minimum Gasteiger partial charge on any atom is -0.492 e. The number of hydrogen-bond acceptors (Lipinski definition) is 5. The van der Waals surface area contributed by atoms with Gasteiger partial charge in [0.15, 0.2) is 5.13 Å². The predicted octanol–water partition coefficient (Wildman–Crippen LogP) is 4.05. The average Bonchev–Trinajstić information content (AvgIpc) is 3.10. The van der Waals surface area contributed by atoms with Gasteiger partial charge in [-0.25, -0.2) is 4.98 Å². The molecule has 1 aliphatic heterocycles. The first-order valence-corrected chi connectivity index (χ1v) is 9.03. The number of anilines is 1. The molecule has 3 heterocycles. The van der Waals surface area contributed by atoms with Crippen LogP contribution in [-0.4, -0.2) is 22.5 Å². The number of nitrogens with one attached hydrogen (secondary N) is 1. The van der Waals surface area contributed by atoms with Crippen LogP contribution >= 0.6 is 22.9 Å². The summed E-state index contributed by atoms with van der Waals surface area (Å²) in [4.78, 5) is 21.1. The van der Waals surface area contributed by atoms with Crippen LogP contribution in [0.5, 0.6) is 5.75 Å². The lowest BCUT2D eigenvalue weighted by Gasteiger charge is -2.24. The first kappa shape index (κ1) is 16.1. The molecule has 3 aromatic rings. The number of carbonyl (C=O) groups excluding carboxylic acids is 1. The normalized spacial score (nSPS) is 16.0. The zero-order chi connectivity index (χ0) is 17.2. The maximum absolute atomic E-state index is 12.5. The van der Waals surface area contributed by atoms with Crippen LogP contribution in [0.15, 0.2) is 48.1 Å². The molecule has 0 fully saturated rings. The highest BCUT2D eigenvalue weighted by Crippen LogP contribution is 2.31. The van der Waals surface area contributed by atoms with Gasteiger partial charge in [-0.1, -0.05) is 11.6 Å². The van der Waals surface area contributed by atoms with Crippen molar-refractivity contribution in [2.45, 2.75) is 6.42 Å². The van der Waals surface area contributed by atoms with E-state index in [1.807, 2.05) is 29.6 Å². The van der Waals surface area contributed by atoms with Gasteiger partial charge in [-0.05, 0) is 42.3 Å². The lowest BCUT2D eigenvalue weighted by Crippen LogP contribution is -2.32. The van der Waals surface area contributed by atoms with Crippen LogP contribution in [0.2, 0.25) is 5.02 Å². The molecule has 5 nitrogen and oxygen atoms in total. The van der Waals surface area contributed by atoms with E-state index in [1.165, 1.54) is 11.3 Å². The molecule has 0 unspecified atom stereocenters. The Morgan fingerprint density at radius 1 is 1.36 bits per heavy atom. The van der Waals surface area contributed by atoms with E-state index in [1.54, 1.807) is 18.5 Å². The summed E-state index contributed by atoms with van der Waals surface area (Å²) < 4.78 is 5.68. The average molecular weight is 372 g/mol. The molecule has 0 aliphatic carbocycles. The fourth-order valence-corrected chi connectivity index (χ4v) is 3.63. The summed E-state index contributed by atoms with van der Waals surface area (Å²) in [5.41, 5.74) is 2.67. The number of fused-ring (bicyclic) bond motifs is 1. The van der Waals surface area contributed by atoms with Gasteiger partial charge in [-0.2, -0.15) is 0 Å². The van der Waals surface area contributed by atoms with Crippen LogP contribution in [0.25, 0.3) is 11.3 Å². The third-order valence-corrected chi connectivity index (χ3v) is 4.98. The monoisotopic (exact) mass is 371 g/mol. The highest BCUT2D eigenvalue weighted by atomic mass is 35.5. The van der Waals surface area contributed by atoms with Gasteiger partial charge >= 0.3 is 0 Å². The molecule has 1 aromatic carbocycles. The maximum atomic E-state index is 12.5. The molecule has 7 heteroatoms. The Balaban J connectivity index is 1.45. The molecule has 1 atom stereocenters. The lowest BCUT2D eigenvalue weighted by atomic mass is 9.96. The topological polar surface area (TPSA) is 64.1 Å². The van der Waals surface area contributed by atoms with Crippen molar-refractivity contribution in [3.05, 3.63) is 58.7 Å². The van der Waals surface area contributed by atoms with Gasteiger partial charge in [0, 0.05) is 28.4 Å². The smallest absolute Gasteiger partial charge is 0.233 e. The summed E-state index contributed by atoms with van der Waals surface area (Å²) in [5.74, 6) is 0.427. The second-order valence-electron chi connectivity index (χ2n) is 5.73. The number of carbonyl (C=O) groups is 1. The number of aromatic nitrogens is 2. The van der Waals surface area contributed by atoms with E-state index in [-0.39, 0.29) is 11.8 Å². The number of pyridine rings is 1. The summed E-state index contributed by atoms with van der Waals surface area (Å²) in [6, 6.07) is 9.27. The molecule has 4 rings (SSSR count). The first-order valence-electron chi connectivity index (χ1n) is 7.77. The summed E-state index contributed by atoms with van der Waals surface area (Å²) in [5, 5.41) is 6.00. The highest BCUT2D eigenvalue weighted by Gasteiger charge is 2.26. The van der Waals surface area contributed by atoms with Crippen molar-refractivity contribution in [2.24, 2.45) is 5.92 Å². The molecule has 1 N–H and O–H groups in total. The molecule has 1 aliphatic rings. The van der Waals surface area contributed by atoms with Crippen LogP contribution in [0.1, 0.15) is 5.56 Å². The summed E-state index contributed by atoms with van der Waals surface area (Å²) >= 11 is 7.42. The molecule has 0 spiro atoms. The molecular weight excluding hydrogens is 358 g/mol. The van der Waals surface area contributed by atoms with Crippen LogP contribution < -0.4 is 10.1 Å². The van der Waals surface area contributed by atoms with Crippen molar-refractivity contribution in [1.82, 2.24) is 9.97 Å². The van der Waals surface area contributed by atoms with Gasteiger partial charge in [0.05, 0.1) is 11.6 Å². The number of benzene rings is 1. The van der Waals surface area contributed by atoms with E-state index >= 15 is 0 Å². The molecule has 25 heavy (non-hydrogen) atoms. The second-order valence-corrected chi connectivity index (χ2v) is 7.03. The molecule has 0 saturated carbocycles. The van der Waals surface area contributed by atoms with Gasteiger partial charge in [-0.15, -0.1) is 11.3 Å². The maximum Gasteiger partial charge on any atom is 0.233 e. The molecular formula is C18H14ClN3O2S. The third kappa shape index (κ3) is 3.50. The van der Waals surface area contributed by atoms with Crippen LogP contribution in [0, 0.1) is 5.92 Å². The molecule has 0 radical (unpaired) electrons. The van der Waals surface area contributed by atoms with Gasteiger partial charge in [-0.3, -0.25) is 9.78 Å². The molecule has 0 saturated heterocycles. The summed E-state index contributed by atoms with van der Waals surface area (Å²) in [7, 11) is 0. The van der Waals surface area contributed by atoms with Crippen molar-refractivity contribution in [1.29, 1.82) is 0 Å². The van der Waals surface area contributed by atoms with Gasteiger partial charge in [0.2, 0.25) is 5.91 Å². The van der Waals surface area contributed by atoms with E-state index in [0.717, 1.165) is 22.6 Å². The Hall–Kier alpha value is -2.44. The minimum atomic E-state index is -0.267. The Labute approximate surface area is 153 Å². The fourth-order valence-electron chi connectivity index (χ4n) is 2.72. The van der Waals surface area contributed by atoms with E-state index < -0.39 is 0 Å². The van der Waals surface area contributed by atoms with Crippen molar-refractivity contribution >= 4 is 34.0 Å². The number of ether oxygens (including phenoxy) is 1. The summed E-state index contributed by atoms with van der Waals surface area (Å²) in [6.07, 6.45) is 4.06. The number of nitrogens with zero attached hydrogens (tertiary/aromatic N) is 2. The summed E-state index contributed by atoms with van der Waals surface area (Å²) in [6.45, 7) is 0.349. The third-order valence-electron chi connectivity index (χ3n) is 3.99. The number of amides is 1. The largest absolute Gasteiger partial charge is 0.492 e. The molecule has 0 bridgehead atoms. The van der Waals surface area contributed by atoms with Crippen LogP contribution in [0.3, 0.4) is 0 Å². The Morgan fingerprint density at radius 3 is 3.12 bits per heavy atom. The van der Waals surface area contributed by atoms with Gasteiger partial charge in [0.1, 0.15) is 12.4 Å². The van der Waals surface area contributed by atoms with Crippen molar-refractivity contribution in [2.75, 3.05) is 11.9 Å². The molecule has 126 valence electrons. The standard InChI is InChI=1S/C18H14ClN3O2S/c19-14-3-4-16-12(7-14)6-13(9-24-16)17(23)22-18-21-15(10-25-18)11-2-1-5-20-8-11/h1-5,7-8,10,13H,6,9H2,(H,21,22,23)/t13-/m1/s1.